The lowest BCUT2D eigenvalue weighted by molar-refractivity contribution is -0.346. The van der Waals surface area contributed by atoms with Gasteiger partial charge in [0.15, 0.2) is 17.5 Å². The summed E-state index contributed by atoms with van der Waals surface area (Å²) in [5, 5.41) is 13.7. The Morgan fingerprint density at radius 2 is 1.53 bits per heavy atom. The van der Waals surface area contributed by atoms with Crippen LogP contribution < -0.4 is 0 Å². The van der Waals surface area contributed by atoms with Gasteiger partial charge in [-0.05, 0) is 48.8 Å². The number of hydrogen-bond donors (Lipinski definition) is 1. The van der Waals surface area contributed by atoms with Crippen molar-refractivity contribution < 1.29 is 67.0 Å². The molecule has 1 heterocycles. The van der Waals surface area contributed by atoms with Crippen molar-refractivity contribution in [2.75, 3.05) is 13.2 Å². The third kappa shape index (κ3) is 8.28. The van der Waals surface area contributed by atoms with Crippen molar-refractivity contribution in [2.45, 2.75) is 99.9 Å². The van der Waals surface area contributed by atoms with Crippen LogP contribution in [0.4, 0.5) is 4.79 Å². The Bertz CT molecular complexity index is 2100. The van der Waals surface area contributed by atoms with Gasteiger partial charge in [0.2, 0.25) is 3.79 Å². The number of rotatable bonds is 9. The Morgan fingerprint density at radius 1 is 0.900 bits per heavy atom. The Balaban J connectivity index is 1.61. The Hall–Kier alpha value is -4.47. The first-order valence-electron chi connectivity index (χ1n) is 19.1. The van der Waals surface area contributed by atoms with Crippen molar-refractivity contribution in [2.24, 2.45) is 16.7 Å². The molecule has 9 atom stereocenters. The van der Waals surface area contributed by atoms with E-state index in [1.165, 1.54) is 31.2 Å². The summed E-state index contributed by atoms with van der Waals surface area (Å²) in [5.41, 5.74) is -6.93. The third-order valence-corrected chi connectivity index (χ3v) is 12.5. The van der Waals surface area contributed by atoms with Crippen molar-refractivity contribution in [3.05, 3.63) is 89.0 Å². The van der Waals surface area contributed by atoms with Gasteiger partial charge >= 0.3 is 30.0 Å². The van der Waals surface area contributed by atoms with Gasteiger partial charge in [-0.3, -0.25) is 14.4 Å². The third-order valence-electron chi connectivity index (χ3n) is 12.2. The zero-order chi connectivity index (χ0) is 44.0. The van der Waals surface area contributed by atoms with Crippen LogP contribution in [0.1, 0.15) is 70.3 Å². The van der Waals surface area contributed by atoms with E-state index in [1.54, 1.807) is 63.2 Å². The SMILES string of the molecule is CC(=O)O[C@H]1C(=O)[C@]2(C)[C@@H](OC(=O)OCC(Cl)(Cl)Cl)C[C@H]3OC[C@@]3(OC(C)=O)[C@H]2[C@H](OC(=O)c2ccccc2)[C@@]2(O)C[C@H](OC(=O)/C=C/c3ccccc3)C(C)=C1C2(C)C. The Morgan fingerprint density at radius 3 is 2.10 bits per heavy atom. The maximum absolute atomic E-state index is 15.8. The second-order valence-electron chi connectivity index (χ2n) is 16.2. The average Bonchev–Trinajstić information content (AvgIpc) is 3.17. The van der Waals surface area contributed by atoms with Crippen LogP contribution in [-0.2, 0) is 52.3 Å². The molecule has 4 aliphatic rings. The second kappa shape index (κ2) is 16.8. The van der Waals surface area contributed by atoms with Crippen LogP contribution in [-0.4, -0.2) is 99.7 Å². The zero-order valence-electron chi connectivity index (χ0n) is 33.6. The molecule has 0 unspecified atom stereocenters. The normalized spacial score (nSPS) is 31.9. The van der Waals surface area contributed by atoms with Crippen molar-refractivity contribution in [1.82, 2.24) is 0 Å². The molecular weight excluding hydrogens is 847 g/mol. The monoisotopic (exact) mass is 890 g/mol. The molecular formula is C43H45Cl3O14. The first-order chi connectivity index (χ1) is 28.0. The van der Waals surface area contributed by atoms with Gasteiger partial charge in [-0.2, -0.15) is 0 Å². The maximum atomic E-state index is 15.8. The molecule has 6 rings (SSSR count). The number of aliphatic hydroxyl groups is 1. The minimum atomic E-state index is -2.35. The molecule has 1 N–H and O–H groups in total. The molecule has 2 bridgehead atoms. The summed E-state index contributed by atoms with van der Waals surface area (Å²) in [4.78, 5) is 83.2. The molecule has 2 aromatic carbocycles. The number of ketones is 1. The number of benzene rings is 2. The number of alkyl halides is 3. The van der Waals surface area contributed by atoms with Crippen LogP contribution in [0.15, 0.2) is 77.9 Å². The van der Waals surface area contributed by atoms with E-state index in [-0.39, 0.29) is 29.7 Å². The van der Waals surface area contributed by atoms with Crippen LogP contribution in [0.5, 0.6) is 0 Å². The number of fused-ring (bicyclic) bond motifs is 5. The van der Waals surface area contributed by atoms with Gasteiger partial charge in [-0.25, -0.2) is 14.4 Å². The molecule has 1 saturated heterocycles. The van der Waals surface area contributed by atoms with Gasteiger partial charge in [-0.15, -0.1) is 0 Å². The van der Waals surface area contributed by atoms with Gasteiger partial charge in [0.05, 0.1) is 23.5 Å². The van der Waals surface area contributed by atoms with Gasteiger partial charge in [0.25, 0.3) is 0 Å². The van der Waals surface area contributed by atoms with Crippen LogP contribution in [0.25, 0.3) is 6.08 Å². The summed E-state index contributed by atoms with van der Waals surface area (Å²) in [5.74, 6) is -5.98. The summed E-state index contributed by atoms with van der Waals surface area (Å²) in [7, 11) is 0. The standard InChI is InChI=1S/C43H45Cl3O14/c1-23-28(57-31(49)18-17-26-13-9-7-10-14-26)20-42(53)36(59-37(51)27-15-11-8-12-16-27)34-40(6,35(50)33(56-24(2)47)32(23)39(42,4)5)29(58-38(52)55-22-43(44,45)46)19-30-41(34,21-54-30)60-25(3)48/h7-18,28-30,33-34,36,53H,19-22H2,1-6H3/b18-17+/t28-,29-,30+,33+,34-,36-,40+,41-,42-/m0/s1. The molecule has 0 amide bonds. The van der Waals surface area contributed by atoms with Crippen LogP contribution in [0.3, 0.4) is 0 Å². The van der Waals surface area contributed by atoms with Gasteiger partial charge in [-0.1, -0.05) is 97.2 Å². The molecule has 2 aromatic rings. The Labute approximate surface area is 361 Å². The largest absolute Gasteiger partial charge is 0.508 e. The lowest BCUT2D eigenvalue weighted by Crippen LogP contribution is -2.82. The van der Waals surface area contributed by atoms with Crippen LogP contribution >= 0.6 is 34.8 Å². The summed E-state index contributed by atoms with van der Waals surface area (Å²) in [6, 6.07) is 16.8. The fourth-order valence-corrected chi connectivity index (χ4v) is 9.53. The highest BCUT2D eigenvalue weighted by atomic mass is 35.6. The molecule has 322 valence electrons. The van der Waals surface area contributed by atoms with E-state index in [0.29, 0.717) is 5.56 Å². The lowest BCUT2D eigenvalue weighted by Gasteiger charge is -2.67. The molecule has 2 saturated carbocycles. The van der Waals surface area contributed by atoms with E-state index in [4.69, 9.17) is 68.0 Å². The average molecular weight is 892 g/mol. The molecule has 0 radical (unpaired) electrons. The summed E-state index contributed by atoms with van der Waals surface area (Å²) in [6.45, 7) is 7.23. The van der Waals surface area contributed by atoms with E-state index in [0.717, 1.165) is 13.8 Å². The molecule has 1 aliphatic heterocycles. The van der Waals surface area contributed by atoms with Gasteiger partial charge < -0.3 is 38.3 Å². The van der Waals surface area contributed by atoms with Gasteiger partial charge in [0.1, 0.15) is 36.6 Å². The minimum Gasteiger partial charge on any atom is -0.455 e. The predicted octanol–water partition coefficient (Wildman–Crippen LogP) is 6.45. The van der Waals surface area contributed by atoms with E-state index < -0.39 is 111 Å². The number of esters is 4. The number of Topliss-reactive ketones (excluding diaryl/α,β-unsaturated/α-hetero) is 1. The smallest absolute Gasteiger partial charge is 0.455 e. The van der Waals surface area contributed by atoms with Crippen molar-refractivity contribution in [1.29, 1.82) is 0 Å². The van der Waals surface area contributed by atoms with Crippen molar-refractivity contribution in [3.8, 4) is 0 Å². The molecule has 0 aromatic heterocycles. The van der Waals surface area contributed by atoms with Crippen LogP contribution in [0.2, 0.25) is 0 Å². The second-order valence-corrected chi connectivity index (χ2v) is 18.7. The molecule has 17 heteroatoms. The molecule has 3 aliphatic carbocycles. The topological polar surface area (TPSA) is 187 Å². The maximum Gasteiger partial charge on any atom is 0.508 e. The van der Waals surface area contributed by atoms with E-state index in [2.05, 4.69) is 0 Å². The van der Waals surface area contributed by atoms with E-state index in [1.807, 2.05) is 6.07 Å². The number of halogens is 3. The number of hydrogen-bond acceptors (Lipinski definition) is 14. The van der Waals surface area contributed by atoms with Gasteiger partial charge in [0, 0.05) is 38.2 Å². The van der Waals surface area contributed by atoms with Crippen molar-refractivity contribution >= 4 is 76.7 Å². The number of carbonyl (C=O) groups excluding carboxylic acids is 6. The molecule has 3 fully saturated rings. The fourth-order valence-electron chi connectivity index (χ4n) is 9.37. The van der Waals surface area contributed by atoms with E-state index >= 15 is 4.79 Å². The highest BCUT2D eigenvalue weighted by Crippen LogP contribution is 2.65. The quantitative estimate of drug-likeness (QED) is 0.0952. The number of ether oxygens (including phenoxy) is 7. The van der Waals surface area contributed by atoms with Crippen molar-refractivity contribution in [3.63, 3.8) is 0 Å². The predicted molar refractivity (Wildman–Crippen MR) is 215 cm³/mol. The highest BCUT2D eigenvalue weighted by molar-refractivity contribution is 6.67. The molecule has 0 spiro atoms. The fraction of sp³-hybridized carbons (Fsp3) is 0.488. The molecule has 14 nitrogen and oxygen atoms in total. The van der Waals surface area contributed by atoms with E-state index in [9.17, 15) is 29.1 Å². The lowest BCUT2D eigenvalue weighted by atomic mass is 9.44. The minimum absolute atomic E-state index is 0.0350. The van der Waals surface area contributed by atoms with Crippen LogP contribution in [0, 0.1) is 16.7 Å². The first kappa shape index (κ1) is 45.1. The molecule has 60 heavy (non-hydrogen) atoms. The number of carbonyl (C=O) groups is 6. The Kier molecular flexibility index (Phi) is 12.6. The zero-order valence-corrected chi connectivity index (χ0v) is 35.9. The first-order valence-corrected chi connectivity index (χ1v) is 20.2. The summed E-state index contributed by atoms with van der Waals surface area (Å²) < 4.78 is 39.3. The highest BCUT2D eigenvalue weighted by Gasteiger charge is 2.79. The summed E-state index contributed by atoms with van der Waals surface area (Å²) >= 11 is 17.5. The summed E-state index contributed by atoms with van der Waals surface area (Å²) in [6.07, 6.45) is -7.04.